The second-order valence-corrected chi connectivity index (χ2v) is 5.89. The first kappa shape index (κ1) is 15.5. The third kappa shape index (κ3) is 3.25. The molecule has 1 fully saturated rings. The quantitative estimate of drug-likeness (QED) is 0.869. The number of carboxylic acids is 1. The van der Waals surface area contributed by atoms with Crippen LogP contribution < -0.4 is 5.32 Å². The van der Waals surface area contributed by atoms with Crippen LogP contribution in [0.25, 0.3) is 0 Å². The third-order valence-corrected chi connectivity index (χ3v) is 4.61. The van der Waals surface area contributed by atoms with Gasteiger partial charge in [-0.2, -0.15) is 5.10 Å². The normalized spacial score (nSPS) is 27.0. The molecular formula is C15H23N3O3. The van der Waals surface area contributed by atoms with Crippen LogP contribution in [0.15, 0.2) is 18.5 Å². The van der Waals surface area contributed by atoms with Crippen molar-refractivity contribution in [3.05, 3.63) is 18.5 Å². The largest absolute Gasteiger partial charge is 0.480 e. The van der Waals surface area contributed by atoms with Gasteiger partial charge in [0.05, 0.1) is 0 Å². The third-order valence-electron chi connectivity index (χ3n) is 4.61. The van der Waals surface area contributed by atoms with E-state index >= 15 is 0 Å². The van der Waals surface area contributed by atoms with Crippen LogP contribution in [0.2, 0.25) is 0 Å². The summed E-state index contributed by atoms with van der Waals surface area (Å²) in [5, 5.41) is 16.4. The summed E-state index contributed by atoms with van der Waals surface area (Å²) in [6, 6.07) is 1.23. The lowest BCUT2D eigenvalue weighted by atomic mass is 9.75. The molecule has 1 amide bonds. The molecule has 1 saturated carbocycles. The number of carbonyl (C=O) groups is 2. The van der Waals surface area contributed by atoms with Gasteiger partial charge in [0.1, 0.15) is 11.6 Å². The summed E-state index contributed by atoms with van der Waals surface area (Å²) in [6.07, 6.45) is 7.05. The number of nitrogens with zero attached hydrogens (tertiary/aromatic N) is 2. The van der Waals surface area contributed by atoms with E-state index in [4.69, 9.17) is 0 Å². The van der Waals surface area contributed by atoms with E-state index in [1.54, 1.807) is 25.4 Å². The van der Waals surface area contributed by atoms with Gasteiger partial charge in [0.25, 0.3) is 0 Å². The molecule has 21 heavy (non-hydrogen) atoms. The van der Waals surface area contributed by atoms with E-state index in [1.165, 1.54) is 4.68 Å². The van der Waals surface area contributed by atoms with E-state index in [1.807, 2.05) is 0 Å². The Hall–Kier alpha value is -1.85. The van der Waals surface area contributed by atoms with Gasteiger partial charge < -0.3 is 10.4 Å². The van der Waals surface area contributed by atoms with Crippen LogP contribution in [0, 0.1) is 5.92 Å². The van der Waals surface area contributed by atoms with E-state index in [2.05, 4.69) is 17.3 Å². The predicted molar refractivity (Wildman–Crippen MR) is 77.7 cm³/mol. The van der Waals surface area contributed by atoms with E-state index in [9.17, 15) is 14.7 Å². The number of rotatable bonds is 5. The Morgan fingerprint density at radius 1 is 1.48 bits per heavy atom. The van der Waals surface area contributed by atoms with Gasteiger partial charge in [-0.3, -0.25) is 9.48 Å². The van der Waals surface area contributed by atoms with Gasteiger partial charge in [-0.25, -0.2) is 4.79 Å². The number of aliphatic carboxylic acids is 1. The van der Waals surface area contributed by atoms with E-state index in [0.717, 1.165) is 19.3 Å². The molecule has 6 nitrogen and oxygen atoms in total. The second-order valence-electron chi connectivity index (χ2n) is 5.89. The average Bonchev–Trinajstić information content (AvgIpc) is 3.01. The maximum Gasteiger partial charge on any atom is 0.329 e. The van der Waals surface area contributed by atoms with Crippen molar-refractivity contribution in [3.63, 3.8) is 0 Å². The monoisotopic (exact) mass is 293 g/mol. The molecule has 0 radical (unpaired) electrons. The lowest BCUT2D eigenvalue weighted by Gasteiger charge is -2.37. The molecule has 1 atom stereocenters. The van der Waals surface area contributed by atoms with Crippen LogP contribution in [0.4, 0.5) is 0 Å². The van der Waals surface area contributed by atoms with Crippen LogP contribution in [-0.4, -0.2) is 32.3 Å². The lowest BCUT2D eigenvalue weighted by molar-refractivity contribution is -0.150. The minimum atomic E-state index is -1.12. The molecule has 6 heteroatoms. The minimum Gasteiger partial charge on any atom is -0.480 e. The van der Waals surface area contributed by atoms with Crippen molar-refractivity contribution in [2.45, 2.75) is 57.5 Å². The van der Waals surface area contributed by atoms with Gasteiger partial charge in [0.15, 0.2) is 0 Å². The van der Waals surface area contributed by atoms with Gasteiger partial charge in [-0.1, -0.05) is 13.3 Å². The van der Waals surface area contributed by atoms with Crippen LogP contribution >= 0.6 is 0 Å². The number of hydrogen-bond donors (Lipinski definition) is 2. The van der Waals surface area contributed by atoms with Crippen molar-refractivity contribution in [1.82, 2.24) is 15.1 Å². The highest BCUT2D eigenvalue weighted by Gasteiger charge is 2.43. The first-order valence-corrected chi connectivity index (χ1v) is 7.53. The highest BCUT2D eigenvalue weighted by atomic mass is 16.4. The SMILES string of the molecule is CCC1CCC(NC(=O)C(C)n2cccn2)(C(=O)O)CC1. The molecule has 1 aliphatic rings. The molecule has 1 aromatic rings. The van der Waals surface area contributed by atoms with E-state index < -0.39 is 17.6 Å². The zero-order valence-corrected chi connectivity index (χ0v) is 12.6. The summed E-state index contributed by atoms with van der Waals surface area (Å²) in [4.78, 5) is 24.0. The molecule has 2 N–H and O–H groups in total. The molecule has 1 heterocycles. The standard InChI is InChI=1S/C15H23N3O3/c1-3-12-5-7-15(8-6-12,14(20)21)17-13(19)11(2)18-10-4-9-16-18/h4,9-12H,3,5-8H2,1-2H3,(H,17,19)(H,20,21). The van der Waals surface area contributed by atoms with Crippen molar-refractivity contribution in [3.8, 4) is 0 Å². The molecule has 1 aromatic heterocycles. The van der Waals surface area contributed by atoms with Crippen molar-refractivity contribution in [2.24, 2.45) is 5.92 Å². The van der Waals surface area contributed by atoms with Crippen molar-refractivity contribution >= 4 is 11.9 Å². The summed E-state index contributed by atoms with van der Waals surface area (Å²) < 4.78 is 1.53. The fraction of sp³-hybridized carbons (Fsp3) is 0.667. The van der Waals surface area contributed by atoms with Crippen molar-refractivity contribution in [1.29, 1.82) is 0 Å². The lowest BCUT2D eigenvalue weighted by Crippen LogP contribution is -2.57. The molecule has 1 unspecified atom stereocenters. The van der Waals surface area contributed by atoms with Gasteiger partial charge in [-0.15, -0.1) is 0 Å². The first-order valence-electron chi connectivity index (χ1n) is 7.53. The Labute approximate surface area is 124 Å². The molecule has 0 spiro atoms. The fourth-order valence-corrected chi connectivity index (χ4v) is 2.94. The number of nitrogens with one attached hydrogen (secondary N) is 1. The predicted octanol–water partition coefficient (Wildman–Crippen LogP) is 1.98. The van der Waals surface area contributed by atoms with Crippen molar-refractivity contribution < 1.29 is 14.7 Å². The molecule has 1 aliphatic carbocycles. The Morgan fingerprint density at radius 2 is 2.14 bits per heavy atom. The maximum atomic E-state index is 12.3. The average molecular weight is 293 g/mol. The van der Waals surface area contributed by atoms with Gasteiger partial charge in [0, 0.05) is 12.4 Å². The summed E-state index contributed by atoms with van der Waals surface area (Å²) in [7, 11) is 0. The van der Waals surface area contributed by atoms with Crippen LogP contribution in [0.5, 0.6) is 0 Å². The second kappa shape index (κ2) is 6.28. The summed E-state index contributed by atoms with van der Waals surface area (Å²) >= 11 is 0. The van der Waals surface area contributed by atoms with Crippen LogP contribution in [0.3, 0.4) is 0 Å². The van der Waals surface area contributed by atoms with E-state index in [0.29, 0.717) is 18.8 Å². The van der Waals surface area contributed by atoms with Crippen LogP contribution in [0.1, 0.15) is 52.0 Å². The fourth-order valence-electron chi connectivity index (χ4n) is 2.94. The number of carbonyl (C=O) groups excluding carboxylic acids is 1. The van der Waals surface area contributed by atoms with Gasteiger partial charge in [-0.05, 0) is 44.6 Å². The topological polar surface area (TPSA) is 84.2 Å². The molecule has 2 rings (SSSR count). The Morgan fingerprint density at radius 3 is 2.62 bits per heavy atom. The number of amides is 1. The highest BCUT2D eigenvalue weighted by molar-refractivity contribution is 5.88. The minimum absolute atomic E-state index is 0.295. The Balaban J connectivity index is 2.07. The zero-order chi connectivity index (χ0) is 15.5. The van der Waals surface area contributed by atoms with Crippen LogP contribution in [-0.2, 0) is 9.59 Å². The molecular weight excluding hydrogens is 270 g/mol. The first-order chi connectivity index (χ1) is 9.98. The maximum absolute atomic E-state index is 12.3. The number of aromatic nitrogens is 2. The summed E-state index contributed by atoms with van der Waals surface area (Å²) in [5.74, 6) is -0.660. The Kier molecular flexibility index (Phi) is 4.65. The zero-order valence-electron chi connectivity index (χ0n) is 12.6. The van der Waals surface area contributed by atoms with Gasteiger partial charge in [0.2, 0.25) is 5.91 Å². The highest BCUT2D eigenvalue weighted by Crippen LogP contribution is 2.34. The van der Waals surface area contributed by atoms with E-state index in [-0.39, 0.29) is 5.91 Å². The smallest absolute Gasteiger partial charge is 0.329 e. The molecule has 0 bridgehead atoms. The molecule has 116 valence electrons. The molecule has 0 saturated heterocycles. The number of carboxylic acid groups (broad SMARTS) is 1. The van der Waals surface area contributed by atoms with Crippen molar-refractivity contribution in [2.75, 3.05) is 0 Å². The summed E-state index contributed by atoms with van der Waals surface area (Å²) in [5.41, 5.74) is -1.12. The molecule has 0 aromatic carbocycles. The summed E-state index contributed by atoms with van der Waals surface area (Å²) in [6.45, 7) is 3.84. The molecule has 0 aliphatic heterocycles. The van der Waals surface area contributed by atoms with Gasteiger partial charge >= 0.3 is 5.97 Å². The number of hydrogen-bond acceptors (Lipinski definition) is 3. The Bertz CT molecular complexity index is 490.